The van der Waals surface area contributed by atoms with Gasteiger partial charge in [0.05, 0.1) is 0 Å². The van der Waals surface area contributed by atoms with Crippen molar-refractivity contribution < 1.29 is 17.9 Å². The van der Waals surface area contributed by atoms with Crippen LogP contribution >= 0.6 is 15.9 Å². The quantitative estimate of drug-likeness (QED) is 0.766. The maximum Gasteiger partial charge on any atom is 0.404 e. The average molecular weight is 297 g/mol. The lowest BCUT2D eigenvalue weighted by atomic mass is 10.1. The predicted octanol–water partition coefficient (Wildman–Crippen LogP) is 4.01. The molecule has 0 fully saturated rings. The van der Waals surface area contributed by atoms with E-state index in [1.807, 2.05) is 19.9 Å². The smallest absolute Gasteiger partial charge is 0.404 e. The van der Waals surface area contributed by atoms with Crippen molar-refractivity contribution in [3.05, 3.63) is 29.3 Å². The molecule has 1 aromatic rings. The Kier molecular flexibility index (Phi) is 4.24. The highest BCUT2D eigenvalue weighted by molar-refractivity contribution is 9.09. The summed E-state index contributed by atoms with van der Waals surface area (Å²) in [4.78, 5) is -1.64. The molecule has 0 aliphatic heterocycles. The summed E-state index contributed by atoms with van der Waals surface area (Å²) in [5, 5.41) is 0. The SMILES string of the molecule is Cc1cc(C)cc(OCC(Br)C(F)(F)F)c1. The first-order valence-corrected chi connectivity index (χ1v) is 5.62. The molecule has 0 spiro atoms. The van der Waals surface area contributed by atoms with E-state index in [0.717, 1.165) is 11.1 Å². The Morgan fingerprint density at radius 1 is 1.19 bits per heavy atom. The Hall–Kier alpha value is -0.710. The highest BCUT2D eigenvalue weighted by atomic mass is 79.9. The van der Waals surface area contributed by atoms with Gasteiger partial charge in [0.2, 0.25) is 0 Å². The number of hydrogen-bond donors (Lipinski definition) is 0. The van der Waals surface area contributed by atoms with Crippen molar-refractivity contribution in [3.8, 4) is 5.75 Å². The monoisotopic (exact) mass is 296 g/mol. The zero-order valence-electron chi connectivity index (χ0n) is 8.94. The summed E-state index contributed by atoms with van der Waals surface area (Å²) in [7, 11) is 0. The van der Waals surface area contributed by atoms with Crippen molar-refractivity contribution in [2.75, 3.05) is 6.61 Å². The molecule has 0 bridgehead atoms. The van der Waals surface area contributed by atoms with Gasteiger partial charge >= 0.3 is 6.18 Å². The highest BCUT2D eigenvalue weighted by Crippen LogP contribution is 2.27. The van der Waals surface area contributed by atoms with Crippen LogP contribution in [-0.2, 0) is 0 Å². The van der Waals surface area contributed by atoms with Gasteiger partial charge in [0, 0.05) is 0 Å². The van der Waals surface area contributed by atoms with E-state index < -0.39 is 17.6 Å². The summed E-state index contributed by atoms with van der Waals surface area (Å²) in [6.07, 6.45) is -4.28. The van der Waals surface area contributed by atoms with Crippen LogP contribution < -0.4 is 4.74 Å². The number of aryl methyl sites for hydroxylation is 2. The van der Waals surface area contributed by atoms with Crippen molar-refractivity contribution in [1.29, 1.82) is 0 Å². The van der Waals surface area contributed by atoms with Crippen molar-refractivity contribution in [2.45, 2.75) is 24.9 Å². The molecule has 16 heavy (non-hydrogen) atoms. The van der Waals surface area contributed by atoms with Crippen LogP contribution in [0.4, 0.5) is 13.2 Å². The maximum absolute atomic E-state index is 12.2. The third kappa shape index (κ3) is 4.04. The summed E-state index contributed by atoms with van der Waals surface area (Å²) >= 11 is 2.54. The summed E-state index contributed by atoms with van der Waals surface area (Å²) in [6.45, 7) is 3.32. The van der Waals surface area contributed by atoms with Gasteiger partial charge in [-0.25, -0.2) is 0 Å². The van der Waals surface area contributed by atoms with Crippen LogP contribution in [0.2, 0.25) is 0 Å². The first-order valence-electron chi connectivity index (χ1n) is 4.71. The standard InChI is InChI=1S/C11H12BrF3O/c1-7-3-8(2)5-9(4-7)16-6-10(12)11(13,14)15/h3-5,10H,6H2,1-2H3. The summed E-state index contributed by atoms with van der Waals surface area (Å²) in [5.41, 5.74) is 1.93. The molecule has 90 valence electrons. The average Bonchev–Trinajstić information content (AvgIpc) is 2.11. The van der Waals surface area contributed by atoms with E-state index in [9.17, 15) is 13.2 Å². The normalized spacial score (nSPS) is 13.6. The number of rotatable bonds is 3. The first-order chi connectivity index (χ1) is 7.29. The van der Waals surface area contributed by atoms with E-state index in [1.165, 1.54) is 0 Å². The third-order valence-corrected chi connectivity index (χ3v) is 2.73. The number of hydrogen-bond acceptors (Lipinski definition) is 1. The minimum Gasteiger partial charge on any atom is -0.492 e. The van der Waals surface area contributed by atoms with Crippen LogP contribution in [0.5, 0.6) is 5.75 Å². The third-order valence-electron chi connectivity index (χ3n) is 1.95. The molecular weight excluding hydrogens is 285 g/mol. The minimum absolute atomic E-state index is 0.424. The van der Waals surface area contributed by atoms with Crippen LogP contribution in [0.1, 0.15) is 11.1 Å². The molecule has 0 amide bonds. The maximum atomic E-state index is 12.2. The van der Waals surface area contributed by atoms with Gasteiger partial charge in [0.25, 0.3) is 0 Å². The van der Waals surface area contributed by atoms with Crippen LogP contribution in [-0.4, -0.2) is 17.6 Å². The molecule has 1 aromatic carbocycles. The Morgan fingerprint density at radius 2 is 1.69 bits per heavy atom. The van der Waals surface area contributed by atoms with Gasteiger partial charge in [0.15, 0.2) is 0 Å². The van der Waals surface area contributed by atoms with Crippen LogP contribution in [0.25, 0.3) is 0 Å². The van der Waals surface area contributed by atoms with Gasteiger partial charge in [0.1, 0.15) is 17.2 Å². The molecule has 0 radical (unpaired) electrons. The van der Waals surface area contributed by atoms with Crippen LogP contribution in [0.3, 0.4) is 0 Å². The molecule has 1 unspecified atom stereocenters. The van der Waals surface area contributed by atoms with Crippen molar-refractivity contribution in [3.63, 3.8) is 0 Å². The number of halogens is 4. The van der Waals surface area contributed by atoms with Gasteiger partial charge in [-0.05, 0) is 37.1 Å². The fourth-order valence-corrected chi connectivity index (χ4v) is 1.41. The molecule has 1 nitrogen and oxygen atoms in total. The van der Waals surface area contributed by atoms with Gasteiger partial charge in [-0.3, -0.25) is 0 Å². The molecular formula is C11H12BrF3O. The zero-order chi connectivity index (χ0) is 12.3. The molecule has 0 heterocycles. The van der Waals surface area contributed by atoms with Gasteiger partial charge in [-0.15, -0.1) is 0 Å². The Balaban J connectivity index is 2.61. The number of alkyl halides is 4. The Bertz CT molecular complexity index is 342. The van der Waals surface area contributed by atoms with Crippen LogP contribution in [0.15, 0.2) is 18.2 Å². The van der Waals surface area contributed by atoms with Crippen LogP contribution in [0, 0.1) is 13.8 Å². The number of benzene rings is 1. The molecule has 5 heteroatoms. The number of ether oxygens (including phenoxy) is 1. The lowest BCUT2D eigenvalue weighted by Gasteiger charge is -2.15. The molecule has 0 aliphatic rings. The summed E-state index contributed by atoms with van der Waals surface area (Å²) in [5.74, 6) is 0.464. The van der Waals surface area contributed by atoms with E-state index in [1.54, 1.807) is 12.1 Å². The zero-order valence-corrected chi connectivity index (χ0v) is 10.5. The van der Waals surface area contributed by atoms with E-state index in [0.29, 0.717) is 5.75 Å². The Labute approximate surface area is 101 Å². The second-order valence-electron chi connectivity index (χ2n) is 3.64. The van der Waals surface area contributed by atoms with Crippen molar-refractivity contribution in [2.24, 2.45) is 0 Å². The summed E-state index contributed by atoms with van der Waals surface area (Å²) in [6, 6.07) is 5.36. The lowest BCUT2D eigenvalue weighted by Crippen LogP contribution is -2.28. The fourth-order valence-electron chi connectivity index (χ4n) is 1.28. The second kappa shape index (κ2) is 5.08. The molecule has 0 saturated carbocycles. The minimum atomic E-state index is -4.28. The lowest BCUT2D eigenvalue weighted by molar-refractivity contribution is -0.132. The first kappa shape index (κ1) is 13.4. The topological polar surface area (TPSA) is 9.23 Å². The van der Waals surface area contributed by atoms with Gasteiger partial charge in [-0.1, -0.05) is 22.0 Å². The molecule has 1 rings (SSSR count). The Morgan fingerprint density at radius 3 is 2.12 bits per heavy atom. The molecule has 0 saturated heterocycles. The molecule has 1 atom stereocenters. The van der Waals surface area contributed by atoms with Gasteiger partial charge < -0.3 is 4.74 Å². The molecule has 0 N–H and O–H groups in total. The molecule has 0 aliphatic carbocycles. The van der Waals surface area contributed by atoms with E-state index in [2.05, 4.69) is 15.9 Å². The second-order valence-corrected chi connectivity index (χ2v) is 4.75. The molecule has 0 aromatic heterocycles. The van der Waals surface area contributed by atoms with Crippen molar-refractivity contribution >= 4 is 15.9 Å². The summed E-state index contributed by atoms with van der Waals surface area (Å²) < 4.78 is 41.6. The predicted molar refractivity (Wildman–Crippen MR) is 60.2 cm³/mol. The van der Waals surface area contributed by atoms with E-state index in [-0.39, 0.29) is 0 Å². The van der Waals surface area contributed by atoms with Gasteiger partial charge in [-0.2, -0.15) is 13.2 Å². The van der Waals surface area contributed by atoms with E-state index in [4.69, 9.17) is 4.74 Å². The largest absolute Gasteiger partial charge is 0.492 e. The van der Waals surface area contributed by atoms with E-state index >= 15 is 0 Å². The fraction of sp³-hybridized carbons (Fsp3) is 0.455. The van der Waals surface area contributed by atoms with Crippen molar-refractivity contribution in [1.82, 2.24) is 0 Å². The highest BCUT2D eigenvalue weighted by Gasteiger charge is 2.38.